The molecule has 3 rings (SSSR count). The number of nitrogens with zero attached hydrogens (tertiary/aromatic N) is 3. The summed E-state index contributed by atoms with van der Waals surface area (Å²) in [5.41, 5.74) is 1.72. The van der Waals surface area contributed by atoms with E-state index >= 15 is 0 Å². The van der Waals surface area contributed by atoms with Gasteiger partial charge in [0.05, 0.1) is 18.3 Å². The predicted octanol–water partition coefficient (Wildman–Crippen LogP) is 2.02. The van der Waals surface area contributed by atoms with Crippen LogP contribution in [0.25, 0.3) is 0 Å². The molecule has 126 valence electrons. The Bertz CT molecular complexity index is 660. The van der Waals surface area contributed by atoms with Gasteiger partial charge >= 0.3 is 0 Å². The normalized spacial score (nSPS) is 17.0. The second-order valence-corrected chi connectivity index (χ2v) is 5.79. The molecule has 0 radical (unpaired) electrons. The molecule has 0 aliphatic carbocycles. The summed E-state index contributed by atoms with van der Waals surface area (Å²) in [7, 11) is 0. The molecule has 1 saturated heterocycles. The van der Waals surface area contributed by atoms with E-state index < -0.39 is 0 Å². The van der Waals surface area contributed by atoms with Crippen molar-refractivity contribution in [2.24, 2.45) is 0 Å². The number of ether oxygens (including phenoxy) is 1. The van der Waals surface area contributed by atoms with Crippen LogP contribution in [0.5, 0.6) is 0 Å². The van der Waals surface area contributed by atoms with Crippen molar-refractivity contribution in [2.45, 2.75) is 26.1 Å². The van der Waals surface area contributed by atoms with Gasteiger partial charge in [0.1, 0.15) is 5.82 Å². The number of carbonyl (C=O) groups excluding carboxylic acids is 1. The van der Waals surface area contributed by atoms with Crippen molar-refractivity contribution in [1.29, 1.82) is 0 Å². The molecule has 3 heterocycles. The molecule has 0 saturated carbocycles. The highest BCUT2D eigenvalue weighted by Crippen LogP contribution is 2.20. The van der Waals surface area contributed by atoms with Crippen LogP contribution in [0.3, 0.4) is 0 Å². The molecule has 0 aromatic carbocycles. The van der Waals surface area contributed by atoms with E-state index in [2.05, 4.69) is 20.2 Å². The number of nitrogens with one attached hydrogen (secondary N) is 1. The molecular weight excluding hydrogens is 304 g/mol. The summed E-state index contributed by atoms with van der Waals surface area (Å²) in [4.78, 5) is 22.4. The molecule has 0 spiro atoms. The Balaban J connectivity index is 1.52. The van der Waals surface area contributed by atoms with Gasteiger partial charge in [0.25, 0.3) is 5.91 Å². The van der Waals surface area contributed by atoms with E-state index in [0.29, 0.717) is 18.7 Å². The number of aromatic nitrogens is 2. The molecule has 24 heavy (non-hydrogen) atoms. The maximum Gasteiger partial charge on any atom is 0.252 e. The van der Waals surface area contributed by atoms with Crippen molar-refractivity contribution in [3.8, 4) is 0 Å². The Morgan fingerprint density at radius 1 is 1.33 bits per heavy atom. The lowest BCUT2D eigenvalue weighted by Gasteiger charge is -2.18. The van der Waals surface area contributed by atoms with Gasteiger partial charge in [0.2, 0.25) is 0 Å². The SMILES string of the molecule is CCNC(=O)c1ccc(N2CC[C@@H](OCc3ccncc3)C2)nc1. The quantitative estimate of drug-likeness (QED) is 0.880. The number of carbonyl (C=O) groups is 1. The zero-order valence-electron chi connectivity index (χ0n) is 13.8. The van der Waals surface area contributed by atoms with Crippen molar-refractivity contribution < 1.29 is 9.53 Å². The van der Waals surface area contributed by atoms with Crippen LogP contribution in [0.15, 0.2) is 42.9 Å². The summed E-state index contributed by atoms with van der Waals surface area (Å²) in [6.45, 7) is 4.84. The van der Waals surface area contributed by atoms with E-state index in [1.807, 2.05) is 31.2 Å². The van der Waals surface area contributed by atoms with Gasteiger partial charge in [-0.1, -0.05) is 0 Å². The van der Waals surface area contributed by atoms with Gasteiger partial charge in [0.15, 0.2) is 0 Å². The first-order valence-corrected chi connectivity index (χ1v) is 8.26. The summed E-state index contributed by atoms with van der Waals surface area (Å²) in [5, 5.41) is 2.77. The lowest BCUT2D eigenvalue weighted by molar-refractivity contribution is 0.0553. The average molecular weight is 326 g/mol. The molecule has 0 unspecified atom stereocenters. The fourth-order valence-electron chi connectivity index (χ4n) is 2.74. The first-order valence-electron chi connectivity index (χ1n) is 8.26. The molecule has 6 nitrogen and oxygen atoms in total. The van der Waals surface area contributed by atoms with Gasteiger partial charge in [-0.2, -0.15) is 0 Å². The van der Waals surface area contributed by atoms with Crippen LogP contribution in [-0.4, -0.2) is 41.6 Å². The van der Waals surface area contributed by atoms with Crippen molar-refractivity contribution in [1.82, 2.24) is 15.3 Å². The topological polar surface area (TPSA) is 67.4 Å². The van der Waals surface area contributed by atoms with Crippen LogP contribution < -0.4 is 10.2 Å². The number of rotatable bonds is 6. The van der Waals surface area contributed by atoms with E-state index in [1.165, 1.54) is 0 Å². The van der Waals surface area contributed by atoms with Crippen LogP contribution in [0, 0.1) is 0 Å². The minimum atomic E-state index is -0.0865. The van der Waals surface area contributed by atoms with Crippen LogP contribution in [-0.2, 0) is 11.3 Å². The summed E-state index contributed by atoms with van der Waals surface area (Å²) in [6, 6.07) is 7.65. The van der Waals surface area contributed by atoms with Gasteiger partial charge in [-0.25, -0.2) is 4.98 Å². The smallest absolute Gasteiger partial charge is 0.252 e. The largest absolute Gasteiger partial charge is 0.372 e. The lowest BCUT2D eigenvalue weighted by atomic mass is 10.2. The third-order valence-electron chi connectivity index (χ3n) is 4.05. The fraction of sp³-hybridized carbons (Fsp3) is 0.389. The van der Waals surface area contributed by atoms with Crippen LogP contribution in [0.1, 0.15) is 29.3 Å². The molecule has 1 aliphatic rings. The van der Waals surface area contributed by atoms with Crippen molar-refractivity contribution >= 4 is 11.7 Å². The highest BCUT2D eigenvalue weighted by Gasteiger charge is 2.24. The highest BCUT2D eigenvalue weighted by atomic mass is 16.5. The van der Waals surface area contributed by atoms with E-state index in [9.17, 15) is 4.79 Å². The Kier molecular flexibility index (Phi) is 5.38. The fourth-order valence-corrected chi connectivity index (χ4v) is 2.74. The predicted molar refractivity (Wildman–Crippen MR) is 91.9 cm³/mol. The van der Waals surface area contributed by atoms with Crippen molar-refractivity contribution in [3.63, 3.8) is 0 Å². The number of hydrogen-bond donors (Lipinski definition) is 1. The molecule has 1 amide bonds. The zero-order valence-corrected chi connectivity index (χ0v) is 13.8. The summed E-state index contributed by atoms with van der Waals surface area (Å²) in [5.74, 6) is 0.801. The lowest BCUT2D eigenvalue weighted by Crippen LogP contribution is -2.25. The number of pyridine rings is 2. The highest BCUT2D eigenvalue weighted by molar-refractivity contribution is 5.94. The number of anilines is 1. The van der Waals surface area contributed by atoms with E-state index in [-0.39, 0.29) is 12.0 Å². The van der Waals surface area contributed by atoms with Crippen LogP contribution >= 0.6 is 0 Å². The monoisotopic (exact) mass is 326 g/mol. The van der Waals surface area contributed by atoms with Crippen LogP contribution in [0.2, 0.25) is 0 Å². The van der Waals surface area contributed by atoms with Crippen LogP contribution in [0.4, 0.5) is 5.82 Å². The molecule has 6 heteroatoms. The summed E-state index contributed by atoms with van der Waals surface area (Å²) < 4.78 is 5.97. The Hall–Kier alpha value is -2.47. The van der Waals surface area contributed by atoms with E-state index in [4.69, 9.17) is 4.74 Å². The Labute approximate surface area is 141 Å². The van der Waals surface area contributed by atoms with Gasteiger partial charge in [-0.3, -0.25) is 9.78 Å². The molecular formula is C18H22N4O2. The van der Waals surface area contributed by atoms with Gasteiger partial charge < -0.3 is 15.0 Å². The average Bonchev–Trinajstić information content (AvgIpc) is 3.10. The molecule has 1 aliphatic heterocycles. The third kappa shape index (κ3) is 4.08. The summed E-state index contributed by atoms with van der Waals surface area (Å²) in [6.07, 6.45) is 6.36. The molecule has 1 atom stereocenters. The molecule has 2 aromatic rings. The number of hydrogen-bond acceptors (Lipinski definition) is 5. The van der Waals surface area contributed by atoms with Gasteiger partial charge in [-0.15, -0.1) is 0 Å². The minimum absolute atomic E-state index is 0.0865. The minimum Gasteiger partial charge on any atom is -0.372 e. The second-order valence-electron chi connectivity index (χ2n) is 5.79. The Morgan fingerprint density at radius 3 is 2.88 bits per heavy atom. The summed E-state index contributed by atoms with van der Waals surface area (Å²) >= 11 is 0. The standard InChI is InChI=1S/C18H22N4O2/c1-2-20-18(23)15-3-4-17(21-11-15)22-10-7-16(12-22)24-13-14-5-8-19-9-6-14/h3-6,8-9,11,16H,2,7,10,12-13H2,1H3,(H,20,23)/t16-/m1/s1. The number of amides is 1. The van der Waals surface area contributed by atoms with Gasteiger partial charge in [-0.05, 0) is 43.2 Å². The van der Waals surface area contributed by atoms with Crippen molar-refractivity contribution in [3.05, 3.63) is 54.0 Å². The first-order chi connectivity index (χ1) is 11.8. The molecule has 0 bridgehead atoms. The van der Waals surface area contributed by atoms with Gasteiger partial charge in [0, 0.05) is 38.2 Å². The Morgan fingerprint density at radius 2 is 2.17 bits per heavy atom. The van der Waals surface area contributed by atoms with E-state index in [1.54, 1.807) is 18.6 Å². The molecule has 1 N–H and O–H groups in total. The molecule has 1 fully saturated rings. The zero-order chi connectivity index (χ0) is 16.8. The second kappa shape index (κ2) is 7.88. The maximum atomic E-state index is 11.8. The molecule has 2 aromatic heterocycles. The first kappa shape index (κ1) is 16.4. The third-order valence-corrected chi connectivity index (χ3v) is 4.05. The maximum absolute atomic E-state index is 11.8. The van der Waals surface area contributed by atoms with E-state index in [0.717, 1.165) is 30.9 Å². The van der Waals surface area contributed by atoms with Crippen molar-refractivity contribution in [2.75, 3.05) is 24.5 Å².